The zero-order chi connectivity index (χ0) is 90.8. The molecule has 15 aromatic rings. The number of hydrogen-bond donors (Lipinski definition) is 6. The number of carbonyl (C=O) groups is 3. The Bertz CT molecular complexity index is 6530. The van der Waals surface area contributed by atoms with Crippen molar-refractivity contribution < 1.29 is 39.1 Å². The van der Waals surface area contributed by atoms with Crippen LogP contribution in [0.3, 0.4) is 0 Å². The highest BCUT2D eigenvalue weighted by atomic mass is 16.2. The van der Waals surface area contributed by atoms with E-state index in [4.69, 9.17) is 24.7 Å². The van der Waals surface area contributed by atoms with Crippen LogP contribution in [0.25, 0.3) is 50.8 Å². The van der Waals surface area contributed by atoms with Gasteiger partial charge in [0.05, 0.1) is 48.3 Å². The molecular formula is C86H77N19O3. The smallest absolute Gasteiger partial charge is 0.255 e. The van der Waals surface area contributed by atoms with Crippen molar-refractivity contribution in [1.82, 2.24) is 63.5 Å². The molecule has 0 fully saturated rings. The van der Waals surface area contributed by atoms with Gasteiger partial charge >= 0.3 is 0 Å². The summed E-state index contributed by atoms with van der Waals surface area (Å²) in [7, 11) is 0. The van der Waals surface area contributed by atoms with Gasteiger partial charge in [-0.15, -0.1) is 0 Å². The van der Waals surface area contributed by atoms with Crippen LogP contribution in [0.2, 0.25) is 0 Å². The molecule has 0 saturated carbocycles. The van der Waals surface area contributed by atoms with Crippen molar-refractivity contribution in [1.29, 1.82) is 0 Å². The topological polar surface area (TPSA) is 267 Å². The normalized spacial score (nSPS) is 13.2. The number of anilines is 9. The van der Waals surface area contributed by atoms with Crippen LogP contribution in [-0.4, -0.2) is 81.3 Å². The van der Waals surface area contributed by atoms with Crippen LogP contribution in [0.5, 0.6) is 0 Å². The number of carbonyl (C=O) groups excluding carboxylic acids is 3. The van der Waals surface area contributed by atoms with Gasteiger partial charge < -0.3 is 45.6 Å². The number of pyridine rings is 3. The fourth-order valence-electron chi connectivity index (χ4n) is 10.5. The van der Waals surface area contributed by atoms with E-state index < -0.39 is 30.6 Å². The first-order chi connectivity index (χ1) is 59.9. The van der Waals surface area contributed by atoms with Crippen LogP contribution in [0, 0.1) is 62.2 Å². The minimum absolute atomic E-state index is 0.0102. The molecule has 108 heavy (non-hydrogen) atoms. The van der Waals surface area contributed by atoms with E-state index in [2.05, 4.69) is 81.7 Å². The van der Waals surface area contributed by atoms with E-state index in [1.165, 1.54) is 54.9 Å². The lowest BCUT2D eigenvalue weighted by Gasteiger charge is -2.13. The Morgan fingerprint density at radius 3 is 1.06 bits per heavy atom. The lowest BCUT2D eigenvalue weighted by Crippen LogP contribution is -2.13. The van der Waals surface area contributed by atoms with Crippen molar-refractivity contribution in [2.24, 2.45) is 0 Å². The Kier molecular flexibility index (Phi) is 16.0. The van der Waals surface area contributed by atoms with Crippen molar-refractivity contribution in [2.75, 3.05) is 31.9 Å². The summed E-state index contributed by atoms with van der Waals surface area (Å²) in [5.74, 6) is -1.15. The second kappa shape index (κ2) is 32.9. The maximum atomic E-state index is 13.5. The molecule has 0 bridgehead atoms. The average molecular weight is 1440 g/mol. The summed E-state index contributed by atoms with van der Waals surface area (Å²) in [6, 6.07) is 30.8. The first-order valence-electron chi connectivity index (χ1n) is 42.4. The molecule has 0 atom stereocenters. The standard InChI is InChI=1S/2C29H26N6O.C28H25N7O/c2*1-19-9-12-35(18-19)25-14-20(2)13-24(16-25)32-28(36)22-7-6-21(3)27(15-22)34-29-31-11-8-26(33-29)23-5-4-10-30-17-23;1-18-11-23(14-24(12-18)35-16-20(3)31-17-35)32-27(36)21-7-6-19(2)26(13-21)34-28-30-10-8-25(33-28)22-5-4-9-29-15-22/h2*4-18H,1-3H3,(H,32,36)(H,31,33,34);4-17H,1-3H3,(H,32,36)(H,30,33,34)/i3D3,12D,13D,14D,16D,18D;12D,13D,14D,16D,18D;11D,12D,14D,16D,17D. The van der Waals surface area contributed by atoms with Crippen LogP contribution in [0.1, 0.15) is 106 Å². The van der Waals surface area contributed by atoms with E-state index >= 15 is 0 Å². The fraction of sp³-hybridized carbons (Fsp3) is 0.105. The second-order valence-corrected chi connectivity index (χ2v) is 24.3. The summed E-state index contributed by atoms with van der Waals surface area (Å²) in [6.45, 7) is 10.6. The molecule has 0 aliphatic rings. The maximum Gasteiger partial charge on any atom is 0.255 e. The van der Waals surface area contributed by atoms with Crippen LogP contribution >= 0.6 is 0 Å². The van der Waals surface area contributed by atoms with E-state index in [-0.39, 0.29) is 176 Å². The SMILES string of the molecule is [2H]c1c(C)c([2H])c(-n2c([2H])cc(C)c2[2H])c([2H])c1NC(=O)c1ccc(C([2H])([2H])[2H])c(Nc2nccc(-c3cccnc3)n2)c1.[2H]c1c(C)c([2H])c(-n2c([2H])cc(C)c2[2H])c([2H])c1NC(=O)c1ccc(C)c(Nc2nccc(-c3cccnc3)n2)c1.[2H]c1c(C)c([2H])c(-n2c([2H])nc(C)c2[2H])c([2H])c1NC(=O)c1ccc(C)c(Nc2nccc(-c3cccnc3)n2)c1. The summed E-state index contributed by atoms with van der Waals surface area (Å²) < 4.78 is 154. The minimum Gasteiger partial charge on any atom is -0.324 e. The largest absolute Gasteiger partial charge is 0.324 e. The molecule has 0 radical (unpaired) electrons. The molecule has 534 valence electrons. The quantitative estimate of drug-likeness (QED) is 0.0466. The molecule has 9 aromatic heterocycles. The Balaban J connectivity index is 0.000000162. The van der Waals surface area contributed by atoms with E-state index in [0.717, 1.165) is 37.0 Å². The van der Waals surface area contributed by atoms with Gasteiger partial charge in [-0.05, 0) is 264 Å². The van der Waals surface area contributed by atoms with Gasteiger partial charge in [-0.1, -0.05) is 18.2 Å². The minimum atomic E-state index is -2.55. The molecular weight excluding hydrogens is 1350 g/mol. The summed E-state index contributed by atoms with van der Waals surface area (Å²) in [6.07, 6.45) is 14.0. The number of nitrogens with one attached hydrogen (secondary N) is 6. The van der Waals surface area contributed by atoms with Crippen LogP contribution in [0.15, 0.2) is 269 Å². The monoisotopic (exact) mass is 1440 g/mol. The number of aromatic nitrogens is 13. The summed E-state index contributed by atoms with van der Waals surface area (Å²) >= 11 is 0. The number of rotatable bonds is 18. The van der Waals surface area contributed by atoms with Crippen LogP contribution < -0.4 is 31.9 Å². The molecule has 0 aliphatic carbocycles. The maximum absolute atomic E-state index is 13.5. The van der Waals surface area contributed by atoms with Gasteiger partial charge in [-0.25, -0.2) is 34.9 Å². The van der Waals surface area contributed by atoms with E-state index in [9.17, 15) is 14.4 Å². The van der Waals surface area contributed by atoms with Crippen LogP contribution in [-0.2, 0) is 0 Å². The third-order valence-electron chi connectivity index (χ3n) is 15.8. The number of amides is 3. The van der Waals surface area contributed by atoms with E-state index in [1.54, 1.807) is 138 Å². The van der Waals surface area contributed by atoms with Gasteiger partial charge in [-0.3, -0.25) is 29.3 Å². The lowest BCUT2D eigenvalue weighted by atomic mass is 10.1. The molecule has 6 N–H and O–H groups in total. The predicted molar refractivity (Wildman–Crippen MR) is 427 cm³/mol. The summed E-state index contributed by atoms with van der Waals surface area (Å²) in [5.41, 5.74) is 8.71. The number of aryl methyl sites for hydroxylation is 6. The Hall–Kier alpha value is -14.4. The molecule has 3 amide bonds. The van der Waals surface area contributed by atoms with Crippen molar-refractivity contribution in [3.63, 3.8) is 0 Å². The van der Waals surface area contributed by atoms with Crippen molar-refractivity contribution in [3.8, 4) is 50.8 Å². The lowest BCUT2D eigenvalue weighted by molar-refractivity contribution is 0.101. The van der Waals surface area contributed by atoms with E-state index in [1.807, 2.05) is 44.2 Å². The Labute approximate surface area is 650 Å². The first-order valence-corrected chi connectivity index (χ1v) is 33.4. The van der Waals surface area contributed by atoms with Crippen molar-refractivity contribution in [2.45, 2.75) is 62.2 Å². The highest BCUT2D eigenvalue weighted by Gasteiger charge is 2.17. The van der Waals surface area contributed by atoms with Crippen molar-refractivity contribution >= 4 is 69.7 Å². The van der Waals surface area contributed by atoms with Crippen LogP contribution in [0.4, 0.5) is 52.0 Å². The number of hydrogen-bond acceptors (Lipinski definition) is 16. The molecule has 0 aliphatic heterocycles. The molecule has 0 spiro atoms. The van der Waals surface area contributed by atoms with E-state index in [0.29, 0.717) is 51.5 Å². The van der Waals surface area contributed by atoms with Gasteiger partial charge in [0, 0.05) is 175 Å². The zero-order valence-electron chi connectivity index (χ0n) is 77.3. The molecule has 22 heteroatoms. The predicted octanol–water partition coefficient (Wildman–Crippen LogP) is 18.1. The van der Waals surface area contributed by atoms with Gasteiger partial charge in [-0.2, -0.15) is 0 Å². The van der Waals surface area contributed by atoms with Gasteiger partial charge in [0.25, 0.3) is 17.7 Å². The summed E-state index contributed by atoms with van der Waals surface area (Å²) in [5, 5.41) is 17.1. The zero-order valence-corrected chi connectivity index (χ0v) is 59.3. The Morgan fingerprint density at radius 2 is 0.731 bits per heavy atom. The summed E-state index contributed by atoms with van der Waals surface area (Å²) in [4.78, 5) is 82.9. The number of benzene rings is 6. The molecule has 0 saturated heterocycles. The molecule has 6 aromatic carbocycles. The van der Waals surface area contributed by atoms with Crippen molar-refractivity contribution in [3.05, 3.63) is 336 Å². The first kappa shape index (κ1) is 52.5. The van der Waals surface area contributed by atoms with Gasteiger partial charge in [0.1, 0.15) is 1.37 Å². The Morgan fingerprint density at radius 1 is 0.370 bits per heavy atom. The third-order valence-corrected chi connectivity index (χ3v) is 15.8. The van der Waals surface area contributed by atoms with Gasteiger partial charge in [0.15, 0.2) is 0 Å². The number of imidazole rings is 1. The van der Waals surface area contributed by atoms with Gasteiger partial charge in [0.2, 0.25) is 17.8 Å². The molecule has 22 nitrogen and oxygen atoms in total. The number of nitrogens with zero attached hydrogens (tertiary/aromatic N) is 13. The molecule has 15 rings (SSSR count). The highest BCUT2D eigenvalue weighted by molar-refractivity contribution is 6.07. The average Bonchev–Trinajstić information content (AvgIpc) is 1.49. The fourth-order valence-corrected chi connectivity index (χ4v) is 10.5. The molecule has 0 unspecified atom stereocenters. The molecule has 9 heterocycles. The second-order valence-electron chi connectivity index (χ2n) is 24.3. The highest BCUT2D eigenvalue weighted by Crippen LogP contribution is 2.30. The third kappa shape index (κ3) is 18.5.